The quantitative estimate of drug-likeness (QED) is 0.0221. The van der Waals surface area contributed by atoms with Gasteiger partial charge in [0.05, 0.1) is 34.0 Å². The van der Waals surface area contributed by atoms with E-state index in [2.05, 4.69) is 41.0 Å². The zero-order valence-electron chi connectivity index (χ0n) is 57.4. The van der Waals surface area contributed by atoms with E-state index in [9.17, 15) is 62.6 Å². The summed E-state index contributed by atoms with van der Waals surface area (Å²) in [5, 5.41) is 13.5. The molecule has 528 valence electrons. The Bertz CT molecular complexity index is 2950. The Labute approximate surface area is 579 Å². The SMILES string of the molecule is CCN(CC)CC.CCN1CCN(C(=O)Cl)C(=O)C1=O.CCN1CCN(C(=O)NC(C)(CCOCc2ccccc2)C(=O)O)C(=O)C1=O.CCN1CCN(C(=O)NC(C)(CCOCc2ccccc2)C(=O)OC)C(=O)C1=O.COC(=O)C(C)(N)CCOCc1ccccc1.[Li+].[OH-]. The van der Waals surface area contributed by atoms with Gasteiger partial charge in [-0.2, -0.15) is 0 Å². The number of carboxylic acid groups (broad SMARTS) is 1. The molecule has 3 aromatic rings. The Kier molecular flexibility index (Phi) is 41.8. The fourth-order valence-corrected chi connectivity index (χ4v) is 9.05. The van der Waals surface area contributed by atoms with Crippen LogP contribution in [0.3, 0.4) is 0 Å². The van der Waals surface area contributed by atoms with Gasteiger partial charge in [-0.25, -0.2) is 19.2 Å². The van der Waals surface area contributed by atoms with Crippen LogP contribution in [0.4, 0.5) is 14.4 Å². The first-order valence-electron chi connectivity index (χ1n) is 31.0. The van der Waals surface area contributed by atoms with Gasteiger partial charge < -0.3 is 70.2 Å². The van der Waals surface area contributed by atoms with E-state index in [4.69, 9.17) is 36.3 Å². The first kappa shape index (κ1) is 88.1. The van der Waals surface area contributed by atoms with Crippen LogP contribution in [0.2, 0.25) is 0 Å². The van der Waals surface area contributed by atoms with Crippen LogP contribution < -0.4 is 35.2 Å². The normalized spacial score (nSPS) is 15.5. The number of piperazine rings is 3. The van der Waals surface area contributed by atoms with Crippen molar-refractivity contribution in [3.8, 4) is 0 Å². The number of ether oxygens (including phenoxy) is 5. The van der Waals surface area contributed by atoms with Crippen LogP contribution >= 0.6 is 11.6 Å². The zero-order valence-corrected chi connectivity index (χ0v) is 58.2. The number of nitrogens with zero attached hydrogens (tertiary/aromatic N) is 7. The van der Waals surface area contributed by atoms with Crippen LogP contribution in [0.5, 0.6) is 0 Å². The van der Waals surface area contributed by atoms with Crippen LogP contribution in [0.25, 0.3) is 0 Å². The van der Waals surface area contributed by atoms with Gasteiger partial charge in [0, 0.05) is 91.6 Å². The average molecular weight is 1360 g/mol. The Morgan fingerprint density at radius 3 is 1.08 bits per heavy atom. The molecule has 0 radical (unpaired) electrons. The minimum absolute atomic E-state index is 0. The summed E-state index contributed by atoms with van der Waals surface area (Å²) in [6.07, 6.45) is 0.569. The predicted octanol–water partition coefficient (Wildman–Crippen LogP) is 1.46. The number of methoxy groups -OCH3 is 2. The van der Waals surface area contributed by atoms with Gasteiger partial charge in [-0.1, -0.05) is 112 Å². The molecule has 0 spiro atoms. The molecule has 3 atom stereocenters. The molecule has 0 aromatic heterocycles. The average Bonchev–Trinajstić information content (AvgIpc) is 0.839. The third-order valence-corrected chi connectivity index (χ3v) is 15.4. The molecule has 0 aliphatic carbocycles. The van der Waals surface area contributed by atoms with Gasteiger partial charge in [-0.05, 0) is 95.9 Å². The number of urea groups is 2. The molecule has 3 fully saturated rings. The summed E-state index contributed by atoms with van der Waals surface area (Å²) in [7, 11) is 2.55. The van der Waals surface area contributed by atoms with E-state index in [1.54, 1.807) is 27.7 Å². The van der Waals surface area contributed by atoms with Gasteiger partial charge in [0.1, 0.15) is 16.6 Å². The Morgan fingerprint density at radius 2 is 0.792 bits per heavy atom. The van der Waals surface area contributed by atoms with Crippen LogP contribution in [0, 0.1) is 0 Å². The number of rotatable bonds is 26. The fourth-order valence-electron chi connectivity index (χ4n) is 8.89. The molecule has 3 saturated heterocycles. The minimum atomic E-state index is -1.64. The van der Waals surface area contributed by atoms with Gasteiger partial charge in [-0.3, -0.25) is 53.1 Å². The van der Waals surface area contributed by atoms with E-state index in [-0.39, 0.29) is 83.1 Å². The van der Waals surface area contributed by atoms with Gasteiger partial charge in [0.2, 0.25) is 0 Å². The van der Waals surface area contributed by atoms with E-state index >= 15 is 0 Å². The molecule has 3 aliphatic heterocycles. The van der Waals surface area contributed by atoms with E-state index in [1.165, 1.54) is 62.4 Å². The van der Waals surface area contributed by atoms with E-state index in [0.717, 1.165) is 31.4 Å². The second kappa shape index (κ2) is 45.6. The number of imide groups is 3. The number of carbonyl (C=O) groups excluding carboxylic acids is 11. The number of nitrogens with two attached hydrogens (primary N) is 1. The van der Waals surface area contributed by atoms with Crippen LogP contribution in [-0.4, -0.2) is 245 Å². The molecule has 0 saturated carbocycles. The number of benzene rings is 3. The van der Waals surface area contributed by atoms with Gasteiger partial charge >= 0.3 is 89.6 Å². The second-order valence-corrected chi connectivity index (χ2v) is 22.3. The van der Waals surface area contributed by atoms with Crippen molar-refractivity contribution in [2.45, 2.75) is 118 Å². The molecule has 3 unspecified atom stereocenters. The van der Waals surface area contributed by atoms with Crippen molar-refractivity contribution in [2.75, 3.05) is 113 Å². The van der Waals surface area contributed by atoms with Gasteiger partial charge in [0.25, 0.3) is 0 Å². The molecular formula is C65H96ClLiN10O19. The largest absolute Gasteiger partial charge is 1.00 e. The number of halogens is 1. The van der Waals surface area contributed by atoms with Gasteiger partial charge in [0.15, 0.2) is 0 Å². The maximum atomic E-state index is 12.6. The summed E-state index contributed by atoms with van der Waals surface area (Å²) < 4.78 is 26.0. The Hall–Kier alpha value is -7.85. The number of nitrogens with one attached hydrogen (secondary N) is 2. The molecule has 3 aromatic carbocycles. The smallest absolute Gasteiger partial charge is 0.870 e. The molecule has 6 N–H and O–H groups in total. The summed E-state index contributed by atoms with van der Waals surface area (Å²) in [5.41, 5.74) is 4.79. The fraction of sp³-hybridized carbons (Fsp3) is 0.538. The predicted molar refractivity (Wildman–Crippen MR) is 349 cm³/mol. The van der Waals surface area contributed by atoms with Crippen molar-refractivity contribution in [1.82, 2.24) is 44.9 Å². The van der Waals surface area contributed by atoms with Crippen molar-refractivity contribution < 1.29 is 111 Å². The second-order valence-electron chi connectivity index (χ2n) is 22.0. The van der Waals surface area contributed by atoms with Crippen molar-refractivity contribution in [2.24, 2.45) is 5.73 Å². The first-order valence-corrected chi connectivity index (χ1v) is 31.4. The minimum Gasteiger partial charge on any atom is -0.870 e. The monoisotopic (exact) mass is 1360 g/mol. The Balaban J connectivity index is 0.00000125. The molecule has 96 heavy (non-hydrogen) atoms. The third-order valence-electron chi connectivity index (χ3n) is 15.2. The number of amides is 11. The maximum absolute atomic E-state index is 12.6. The zero-order chi connectivity index (χ0) is 70.6. The number of aliphatic carboxylic acids is 1. The van der Waals surface area contributed by atoms with E-state index < -0.39 is 87.4 Å². The third kappa shape index (κ3) is 28.8. The number of esters is 2. The topological polar surface area (TPSA) is 374 Å². The number of carboxylic acids is 1. The van der Waals surface area contributed by atoms with Crippen LogP contribution in [0.1, 0.15) is 98.3 Å². The van der Waals surface area contributed by atoms with Crippen molar-refractivity contribution in [3.05, 3.63) is 108 Å². The summed E-state index contributed by atoms with van der Waals surface area (Å²) >= 11 is 5.10. The molecule has 6 rings (SSSR count). The molecule has 29 nitrogen and oxygen atoms in total. The summed E-state index contributed by atoms with van der Waals surface area (Å²) in [6.45, 7) is 24.1. The van der Waals surface area contributed by atoms with Gasteiger partial charge in [-0.15, -0.1) is 0 Å². The van der Waals surface area contributed by atoms with Crippen molar-refractivity contribution in [1.29, 1.82) is 0 Å². The summed E-state index contributed by atoms with van der Waals surface area (Å²) in [4.78, 5) is 150. The molecule has 0 bridgehead atoms. The van der Waals surface area contributed by atoms with Crippen LogP contribution in [-0.2, 0) is 86.7 Å². The Morgan fingerprint density at radius 1 is 0.490 bits per heavy atom. The summed E-state index contributed by atoms with van der Waals surface area (Å²) in [6, 6.07) is 27.1. The number of likely N-dealkylation sites (N-methyl/N-ethyl adjacent to an activating group) is 3. The molecule has 3 heterocycles. The van der Waals surface area contributed by atoms with E-state index in [0.29, 0.717) is 59.0 Å². The summed E-state index contributed by atoms with van der Waals surface area (Å²) in [5.74, 6) is -7.22. The molecule has 3 aliphatic rings. The van der Waals surface area contributed by atoms with Crippen molar-refractivity contribution in [3.63, 3.8) is 0 Å². The number of hydrogen-bond donors (Lipinski definition) is 4. The standard InChI is InChI=1S/C20H27N3O6.C19H25N3O6.C13H19NO3.C7H9ClN2O3.C6H15N.Li.H2O/c1-4-22-11-12-23(17(25)16(22)24)19(27)21-20(2,18(26)28-3)10-13-29-14-15-8-6-5-7-9-15;1-3-21-10-11-22(16(24)15(21)23)18(27)20-19(2,17(25)26)9-12-28-13-14-7-5-4-6-8-14;1-13(14,12(15)16-2)8-9-17-10-11-6-4-3-5-7-11;1-2-9-3-4-10(7(8)13)6(12)5(9)11;1-4-7(5-2)6-3;;/h5-9H,4,10-14H2,1-3H3,(H,21,27);4-8H,3,9-13H2,1-2H3,(H,20,27)(H,25,26);3-7H,8-10,14H2,1-2H3;2-4H2,1H3;4-6H2,1-3H3;;1H2/q;;;;;+1;/p-1. The van der Waals surface area contributed by atoms with E-state index in [1.807, 2.05) is 91.0 Å². The number of carbonyl (C=O) groups is 12. The van der Waals surface area contributed by atoms with Crippen LogP contribution in [0.15, 0.2) is 91.0 Å². The first-order chi connectivity index (χ1) is 44.6. The molecule has 11 amide bonds. The molecular weight excluding hydrogens is 1270 g/mol. The molecule has 31 heteroatoms. The maximum Gasteiger partial charge on any atom is 1.00 e. The van der Waals surface area contributed by atoms with Crippen molar-refractivity contribution >= 4 is 82.4 Å². The number of hydrogen-bond acceptors (Lipinski definition) is 20.